The van der Waals surface area contributed by atoms with Gasteiger partial charge in [0.25, 0.3) is 0 Å². The lowest BCUT2D eigenvalue weighted by Gasteiger charge is -2.12. The van der Waals surface area contributed by atoms with E-state index in [0.29, 0.717) is 13.2 Å². The summed E-state index contributed by atoms with van der Waals surface area (Å²) in [4.78, 5) is 8.74. The first kappa shape index (κ1) is 14.1. The number of nitrogens with zero attached hydrogens (tertiary/aromatic N) is 2. The third-order valence-electron chi connectivity index (χ3n) is 2.85. The summed E-state index contributed by atoms with van der Waals surface area (Å²) in [6, 6.07) is 7.94. The number of aromatic nitrogens is 2. The summed E-state index contributed by atoms with van der Waals surface area (Å²) in [7, 11) is 0. The van der Waals surface area contributed by atoms with Crippen LogP contribution in [0.1, 0.15) is 17.0 Å². The molecule has 1 aromatic heterocycles. The van der Waals surface area contributed by atoms with E-state index in [2.05, 4.69) is 21.9 Å². The number of hydrogen-bond acceptors (Lipinski definition) is 4. The summed E-state index contributed by atoms with van der Waals surface area (Å²) < 4.78 is 5.63. The standard InChI is InChI=1S/C16H19N3O/c1-4-9-20-15-8-6-5-7-14(15)11-18-16-13(3)17-10-12(2)19-16/h4-8,10H,1,9,11H2,2-3H3,(H,18,19). The zero-order chi connectivity index (χ0) is 14.4. The molecule has 2 aromatic rings. The van der Waals surface area contributed by atoms with Crippen molar-refractivity contribution in [3.05, 3.63) is 60.1 Å². The zero-order valence-electron chi connectivity index (χ0n) is 11.9. The average molecular weight is 269 g/mol. The fourth-order valence-corrected chi connectivity index (χ4v) is 1.82. The molecule has 0 saturated heterocycles. The van der Waals surface area contributed by atoms with E-state index in [1.54, 1.807) is 12.3 Å². The maximum Gasteiger partial charge on any atom is 0.148 e. The largest absolute Gasteiger partial charge is 0.489 e. The number of hydrogen-bond donors (Lipinski definition) is 1. The second-order valence-corrected chi connectivity index (χ2v) is 4.51. The number of ether oxygens (including phenoxy) is 1. The van der Waals surface area contributed by atoms with Crippen molar-refractivity contribution in [2.75, 3.05) is 11.9 Å². The van der Waals surface area contributed by atoms with Crippen LogP contribution in [0.15, 0.2) is 43.1 Å². The molecule has 0 radical (unpaired) electrons. The normalized spacial score (nSPS) is 10.1. The van der Waals surface area contributed by atoms with E-state index in [0.717, 1.165) is 28.5 Å². The van der Waals surface area contributed by atoms with Crippen LogP contribution in [0.4, 0.5) is 5.82 Å². The molecule has 2 rings (SSSR count). The van der Waals surface area contributed by atoms with Crippen molar-refractivity contribution in [3.8, 4) is 5.75 Å². The van der Waals surface area contributed by atoms with Gasteiger partial charge >= 0.3 is 0 Å². The molecule has 104 valence electrons. The van der Waals surface area contributed by atoms with E-state index in [1.807, 2.05) is 38.1 Å². The smallest absolute Gasteiger partial charge is 0.148 e. The summed E-state index contributed by atoms with van der Waals surface area (Å²) in [6.07, 6.45) is 3.50. The molecule has 1 N–H and O–H groups in total. The Morgan fingerprint density at radius 3 is 2.90 bits per heavy atom. The highest BCUT2D eigenvalue weighted by Crippen LogP contribution is 2.19. The Labute approximate surface area is 119 Å². The Balaban J connectivity index is 2.10. The van der Waals surface area contributed by atoms with E-state index in [4.69, 9.17) is 4.74 Å². The van der Waals surface area contributed by atoms with Crippen molar-refractivity contribution in [2.24, 2.45) is 0 Å². The van der Waals surface area contributed by atoms with Crippen molar-refractivity contribution < 1.29 is 4.74 Å². The molecule has 1 aromatic carbocycles. The Bertz CT molecular complexity index is 596. The lowest BCUT2D eigenvalue weighted by Crippen LogP contribution is -2.07. The minimum atomic E-state index is 0.500. The number of anilines is 1. The lowest BCUT2D eigenvalue weighted by atomic mass is 10.2. The fraction of sp³-hybridized carbons (Fsp3) is 0.250. The molecule has 0 aliphatic carbocycles. The van der Waals surface area contributed by atoms with Gasteiger partial charge in [-0.05, 0) is 19.9 Å². The minimum absolute atomic E-state index is 0.500. The molecule has 20 heavy (non-hydrogen) atoms. The number of para-hydroxylation sites is 1. The number of nitrogens with one attached hydrogen (secondary N) is 1. The van der Waals surface area contributed by atoms with Crippen LogP contribution in [0.3, 0.4) is 0 Å². The van der Waals surface area contributed by atoms with Gasteiger partial charge in [0.15, 0.2) is 0 Å². The van der Waals surface area contributed by atoms with Crippen LogP contribution in [-0.4, -0.2) is 16.6 Å². The van der Waals surface area contributed by atoms with Crippen LogP contribution in [0.25, 0.3) is 0 Å². The van der Waals surface area contributed by atoms with Crippen LogP contribution in [0.5, 0.6) is 5.75 Å². The Hall–Kier alpha value is -2.36. The number of aryl methyl sites for hydroxylation is 2. The predicted octanol–water partition coefficient (Wildman–Crippen LogP) is 3.27. The summed E-state index contributed by atoms with van der Waals surface area (Å²) in [6.45, 7) is 8.68. The molecule has 0 atom stereocenters. The van der Waals surface area contributed by atoms with Crippen molar-refractivity contribution in [2.45, 2.75) is 20.4 Å². The van der Waals surface area contributed by atoms with Gasteiger partial charge in [0.2, 0.25) is 0 Å². The van der Waals surface area contributed by atoms with Gasteiger partial charge in [-0.3, -0.25) is 4.98 Å². The topological polar surface area (TPSA) is 47.0 Å². The SMILES string of the molecule is C=CCOc1ccccc1CNc1nc(C)cnc1C. The molecule has 0 aliphatic heterocycles. The van der Waals surface area contributed by atoms with Crippen LogP contribution >= 0.6 is 0 Å². The molecule has 0 saturated carbocycles. The average Bonchev–Trinajstić information content (AvgIpc) is 2.47. The Morgan fingerprint density at radius 2 is 2.10 bits per heavy atom. The van der Waals surface area contributed by atoms with E-state index in [9.17, 15) is 0 Å². The summed E-state index contributed by atoms with van der Waals surface area (Å²) >= 11 is 0. The highest BCUT2D eigenvalue weighted by Gasteiger charge is 2.05. The van der Waals surface area contributed by atoms with Gasteiger partial charge in [-0.25, -0.2) is 4.98 Å². The highest BCUT2D eigenvalue weighted by atomic mass is 16.5. The monoisotopic (exact) mass is 269 g/mol. The Morgan fingerprint density at radius 1 is 1.30 bits per heavy atom. The van der Waals surface area contributed by atoms with Crippen LogP contribution in [0, 0.1) is 13.8 Å². The highest BCUT2D eigenvalue weighted by molar-refractivity contribution is 5.43. The minimum Gasteiger partial charge on any atom is -0.489 e. The molecule has 0 aliphatic rings. The molecular formula is C16H19N3O. The van der Waals surface area contributed by atoms with Gasteiger partial charge in [-0.15, -0.1) is 0 Å². The van der Waals surface area contributed by atoms with Gasteiger partial charge in [0.1, 0.15) is 18.2 Å². The molecule has 4 heteroatoms. The molecule has 0 bridgehead atoms. The summed E-state index contributed by atoms with van der Waals surface area (Å²) in [5.41, 5.74) is 2.87. The first-order chi connectivity index (χ1) is 9.70. The second-order valence-electron chi connectivity index (χ2n) is 4.51. The van der Waals surface area contributed by atoms with E-state index >= 15 is 0 Å². The summed E-state index contributed by atoms with van der Waals surface area (Å²) in [5, 5.41) is 3.31. The molecule has 4 nitrogen and oxygen atoms in total. The molecule has 0 unspecified atom stereocenters. The Kier molecular flexibility index (Phi) is 4.71. The van der Waals surface area contributed by atoms with Crippen molar-refractivity contribution in [1.82, 2.24) is 9.97 Å². The van der Waals surface area contributed by atoms with Crippen LogP contribution in [-0.2, 0) is 6.54 Å². The van der Waals surface area contributed by atoms with E-state index < -0.39 is 0 Å². The molecule has 0 amide bonds. The fourth-order valence-electron chi connectivity index (χ4n) is 1.82. The van der Waals surface area contributed by atoms with Gasteiger partial charge in [-0.2, -0.15) is 0 Å². The van der Waals surface area contributed by atoms with Gasteiger partial charge in [-0.1, -0.05) is 30.9 Å². The number of benzene rings is 1. The molecule has 1 heterocycles. The maximum atomic E-state index is 5.63. The van der Waals surface area contributed by atoms with E-state index in [-0.39, 0.29) is 0 Å². The molecular weight excluding hydrogens is 250 g/mol. The first-order valence-corrected chi connectivity index (χ1v) is 6.56. The van der Waals surface area contributed by atoms with Gasteiger partial charge in [0.05, 0.1) is 11.4 Å². The quantitative estimate of drug-likeness (QED) is 0.818. The first-order valence-electron chi connectivity index (χ1n) is 6.56. The van der Waals surface area contributed by atoms with Gasteiger partial charge in [0, 0.05) is 18.3 Å². The van der Waals surface area contributed by atoms with Crippen molar-refractivity contribution >= 4 is 5.82 Å². The van der Waals surface area contributed by atoms with Gasteiger partial charge < -0.3 is 10.1 Å². The predicted molar refractivity (Wildman–Crippen MR) is 81.0 cm³/mol. The number of rotatable bonds is 6. The van der Waals surface area contributed by atoms with Crippen LogP contribution < -0.4 is 10.1 Å². The summed E-state index contributed by atoms with van der Waals surface area (Å²) in [5.74, 6) is 1.67. The zero-order valence-corrected chi connectivity index (χ0v) is 11.9. The van der Waals surface area contributed by atoms with Crippen LogP contribution in [0.2, 0.25) is 0 Å². The van der Waals surface area contributed by atoms with Crippen molar-refractivity contribution in [3.63, 3.8) is 0 Å². The molecule has 0 fully saturated rings. The lowest BCUT2D eigenvalue weighted by molar-refractivity contribution is 0.359. The van der Waals surface area contributed by atoms with Crippen molar-refractivity contribution in [1.29, 1.82) is 0 Å². The van der Waals surface area contributed by atoms with E-state index in [1.165, 1.54) is 0 Å². The maximum absolute atomic E-state index is 5.63. The third kappa shape index (κ3) is 3.57. The second kappa shape index (κ2) is 6.70. The molecule has 0 spiro atoms. The third-order valence-corrected chi connectivity index (χ3v) is 2.85.